The van der Waals surface area contributed by atoms with Gasteiger partial charge in [-0.1, -0.05) is 11.2 Å². The zero-order valence-corrected chi connectivity index (χ0v) is 19.4. The summed E-state index contributed by atoms with van der Waals surface area (Å²) < 4.78 is 14.3. The number of nitrogens with two attached hydrogens (primary N) is 1. The number of methoxy groups -OCH3 is 2. The van der Waals surface area contributed by atoms with Crippen molar-refractivity contribution in [1.82, 2.24) is 24.3 Å². The molecular formula is C22H26N6O6. The summed E-state index contributed by atoms with van der Waals surface area (Å²) in [5.41, 5.74) is 7.22. The maximum absolute atomic E-state index is 10.5. The third-order valence-electron chi connectivity index (χ3n) is 4.73. The van der Waals surface area contributed by atoms with Crippen molar-refractivity contribution >= 4 is 17.2 Å². The summed E-state index contributed by atoms with van der Waals surface area (Å²) in [6.45, 7) is 4.17. The molecule has 2 aromatic carbocycles. The second-order valence-electron chi connectivity index (χ2n) is 6.86. The van der Waals surface area contributed by atoms with Crippen LogP contribution in [0.15, 0.2) is 36.7 Å². The first-order chi connectivity index (χ1) is 16.4. The standard InChI is InChI=1S/C20H21N5O4.CH5N.CO2/c1-11(2)24-10-21-18-13(24)6-5-7-14(18)25-19(22-23-20(25)29-4)12-8-17(28-3)16(27)9-15(12)26;1-2;2-1-3/h5-11,26-27H,1-4H3;2H2,1H3;. The molecule has 0 saturated carbocycles. The smallest absolute Gasteiger partial charge is 0.373 e. The summed E-state index contributed by atoms with van der Waals surface area (Å²) in [7, 11) is 4.43. The number of benzene rings is 2. The molecule has 0 radical (unpaired) electrons. The third-order valence-corrected chi connectivity index (χ3v) is 4.73. The van der Waals surface area contributed by atoms with Gasteiger partial charge in [0.1, 0.15) is 11.3 Å². The molecule has 4 N–H and O–H groups in total. The third kappa shape index (κ3) is 4.82. The number of fused-ring (bicyclic) bond motifs is 1. The number of nitrogens with zero attached hydrogens (tertiary/aromatic N) is 5. The Morgan fingerprint density at radius 2 is 1.71 bits per heavy atom. The summed E-state index contributed by atoms with van der Waals surface area (Å²) in [5.74, 6) is 0.182. The zero-order chi connectivity index (χ0) is 25.4. The lowest BCUT2D eigenvalue weighted by Gasteiger charge is -2.13. The monoisotopic (exact) mass is 470 g/mol. The van der Waals surface area contributed by atoms with Crippen molar-refractivity contribution in [2.45, 2.75) is 19.9 Å². The molecule has 0 amide bonds. The summed E-state index contributed by atoms with van der Waals surface area (Å²) in [6, 6.07) is 8.96. The number of rotatable bonds is 5. The van der Waals surface area contributed by atoms with Crippen LogP contribution < -0.4 is 15.2 Å². The van der Waals surface area contributed by atoms with Gasteiger partial charge in [-0.3, -0.25) is 0 Å². The highest BCUT2D eigenvalue weighted by Gasteiger charge is 2.23. The van der Waals surface area contributed by atoms with Crippen LogP contribution in [0.1, 0.15) is 19.9 Å². The molecule has 0 saturated heterocycles. The fourth-order valence-corrected chi connectivity index (χ4v) is 3.33. The molecule has 0 unspecified atom stereocenters. The van der Waals surface area contributed by atoms with E-state index in [1.807, 2.05) is 18.2 Å². The summed E-state index contributed by atoms with van der Waals surface area (Å²) >= 11 is 0. The molecule has 4 aromatic rings. The number of aromatic nitrogens is 5. The van der Waals surface area contributed by atoms with E-state index in [1.54, 1.807) is 10.9 Å². The fourth-order valence-electron chi connectivity index (χ4n) is 3.33. The minimum absolute atomic E-state index is 0.167. The SMILES string of the molecule is CN.COc1cc(-c2nnc(OC)n2-c2cccc3c2ncn3C(C)C)c(O)cc1O.O=C=O. The predicted octanol–water partition coefficient (Wildman–Crippen LogP) is 2.28. The number of para-hydroxylation sites is 1. The maximum Gasteiger partial charge on any atom is 0.373 e. The molecular weight excluding hydrogens is 444 g/mol. The van der Waals surface area contributed by atoms with Crippen molar-refractivity contribution in [3.05, 3.63) is 36.7 Å². The molecule has 4 rings (SSSR count). The van der Waals surface area contributed by atoms with E-state index in [4.69, 9.17) is 19.1 Å². The van der Waals surface area contributed by atoms with E-state index in [0.717, 1.165) is 11.0 Å². The Labute approximate surface area is 195 Å². The van der Waals surface area contributed by atoms with Gasteiger partial charge in [-0.2, -0.15) is 9.59 Å². The first kappa shape index (κ1) is 25.8. The number of carbonyl (C=O) groups excluding carboxylic acids is 2. The summed E-state index contributed by atoms with van der Waals surface area (Å²) in [4.78, 5) is 20.8. The van der Waals surface area contributed by atoms with E-state index >= 15 is 0 Å². The Hall–Kier alpha value is -4.41. The molecule has 12 nitrogen and oxygen atoms in total. The highest BCUT2D eigenvalue weighted by molar-refractivity contribution is 5.86. The van der Waals surface area contributed by atoms with E-state index in [1.165, 1.54) is 33.4 Å². The van der Waals surface area contributed by atoms with Gasteiger partial charge >= 0.3 is 12.2 Å². The van der Waals surface area contributed by atoms with Gasteiger partial charge in [0.25, 0.3) is 0 Å². The minimum Gasteiger partial charge on any atom is -0.507 e. The van der Waals surface area contributed by atoms with E-state index < -0.39 is 0 Å². The van der Waals surface area contributed by atoms with E-state index in [-0.39, 0.29) is 35.5 Å². The molecule has 0 aliphatic heterocycles. The Morgan fingerprint density at radius 3 is 2.29 bits per heavy atom. The Kier molecular flexibility index (Phi) is 8.71. The summed E-state index contributed by atoms with van der Waals surface area (Å²) in [6.07, 6.45) is 2.04. The second-order valence-corrected chi connectivity index (χ2v) is 6.86. The van der Waals surface area contributed by atoms with Crippen molar-refractivity contribution in [2.24, 2.45) is 5.73 Å². The normalized spacial score (nSPS) is 10.1. The van der Waals surface area contributed by atoms with Gasteiger partial charge in [0.15, 0.2) is 17.3 Å². The van der Waals surface area contributed by atoms with Crippen molar-refractivity contribution < 1.29 is 29.3 Å². The first-order valence-corrected chi connectivity index (χ1v) is 10.0. The highest BCUT2D eigenvalue weighted by Crippen LogP contribution is 2.40. The lowest BCUT2D eigenvalue weighted by Crippen LogP contribution is -2.03. The minimum atomic E-state index is -0.176. The average Bonchev–Trinajstić information content (AvgIpc) is 3.45. The van der Waals surface area contributed by atoms with E-state index in [2.05, 4.69) is 39.3 Å². The largest absolute Gasteiger partial charge is 0.507 e. The lowest BCUT2D eigenvalue weighted by atomic mass is 10.1. The molecule has 34 heavy (non-hydrogen) atoms. The van der Waals surface area contributed by atoms with Crippen LogP contribution in [0, 0.1) is 0 Å². The van der Waals surface area contributed by atoms with Gasteiger partial charge in [-0.25, -0.2) is 9.55 Å². The van der Waals surface area contributed by atoms with Crippen molar-refractivity contribution in [3.8, 4) is 40.3 Å². The molecule has 0 spiro atoms. The van der Waals surface area contributed by atoms with Crippen LogP contribution in [0.3, 0.4) is 0 Å². The van der Waals surface area contributed by atoms with Crippen molar-refractivity contribution in [2.75, 3.05) is 21.3 Å². The second kappa shape index (κ2) is 11.5. The Morgan fingerprint density at radius 1 is 1.03 bits per heavy atom. The number of phenols is 2. The van der Waals surface area contributed by atoms with Gasteiger partial charge in [0.05, 0.1) is 37.3 Å². The van der Waals surface area contributed by atoms with Gasteiger partial charge in [0, 0.05) is 12.1 Å². The molecule has 2 heterocycles. The molecule has 180 valence electrons. The van der Waals surface area contributed by atoms with Crippen LogP contribution in [0.2, 0.25) is 0 Å². The molecule has 0 aliphatic rings. The summed E-state index contributed by atoms with van der Waals surface area (Å²) in [5, 5.41) is 28.7. The molecule has 2 aromatic heterocycles. The molecule has 0 aliphatic carbocycles. The van der Waals surface area contributed by atoms with Crippen LogP contribution in [-0.2, 0) is 9.59 Å². The molecule has 0 atom stereocenters. The van der Waals surface area contributed by atoms with Crippen molar-refractivity contribution in [3.63, 3.8) is 0 Å². The number of hydrogen-bond acceptors (Lipinski definition) is 10. The van der Waals surface area contributed by atoms with E-state index in [9.17, 15) is 10.2 Å². The predicted molar refractivity (Wildman–Crippen MR) is 122 cm³/mol. The van der Waals surface area contributed by atoms with Gasteiger partial charge in [0.2, 0.25) is 0 Å². The fraction of sp³-hybridized carbons (Fsp3) is 0.273. The average molecular weight is 470 g/mol. The number of hydrogen-bond donors (Lipinski definition) is 3. The first-order valence-electron chi connectivity index (χ1n) is 10.0. The maximum atomic E-state index is 10.5. The van der Waals surface area contributed by atoms with Gasteiger partial charge in [-0.05, 0) is 39.1 Å². The van der Waals surface area contributed by atoms with Gasteiger partial charge in [-0.15, -0.1) is 5.10 Å². The molecule has 0 bridgehead atoms. The number of ether oxygens (including phenoxy) is 2. The lowest BCUT2D eigenvalue weighted by molar-refractivity contribution is -0.191. The Bertz CT molecular complexity index is 1290. The van der Waals surface area contributed by atoms with Crippen LogP contribution in [-0.4, -0.2) is 61.9 Å². The Balaban J connectivity index is 0.000000758. The number of imidazole rings is 1. The molecule has 0 fully saturated rings. The van der Waals surface area contributed by atoms with Crippen LogP contribution in [0.5, 0.6) is 23.3 Å². The topological polar surface area (TPSA) is 168 Å². The molecule has 12 heteroatoms. The van der Waals surface area contributed by atoms with E-state index in [0.29, 0.717) is 17.1 Å². The van der Waals surface area contributed by atoms with Crippen molar-refractivity contribution in [1.29, 1.82) is 0 Å². The van der Waals surface area contributed by atoms with Crippen LogP contribution in [0.4, 0.5) is 0 Å². The highest BCUT2D eigenvalue weighted by atomic mass is 16.5. The van der Waals surface area contributed by atoms with Gasteiger partial charge < -0.3 is 30.0 Å². The quantitative estimate of drug-likeness (QED) is 0.393. The van der Waals surface area contributed by atoms with Crippen LogP contribution >= 0.6 is 0 Å². The van der Waals surface area contributed by atoms with Crippen LogP contribution in [0.25, 0.3) is 28.1 Å². The number of aromatic hydroxyl groups is 2. The number of phenolic OH excluding ortho intramolecular Hbond substituents is 2. The zero-order valence-electron chi connectivity index (χ0n) is 19.4.